The summed E-state index contributed by atoms with van der Waals surface area (Å²) >= 11 is 0. The lowest BCUT2D eigenvalue weighted by Crippen LogP contribution is -2.27. The molecule has 1 saturated heterocycles. The minimum Gasteiger partial charge on any atom is -0.434 e. The van der Waals surface area contributed by atoms with Gasteiger partial charge in [0.15, 0.2) is 5.78 Å². The molecule has 0 amide bonds. The van der Waals surface area contributed by atoms with Crippen molar-refractivity contribution in [3.63, 3.8) is 0 Å². The zero-order valence-electron chi connectivity index (χ0n) is 14.9. The fourth-order valence-electron chi connectivity index (χ4n) is 2.95. The van der Waals surface area contributed by atoms with Crippen LogP contribution in [0.5, 0.6) is 5.75 Å². The summed E-state index contributed by atoms with van der Waals surface area (Å²) in [5.74, 6) is -0.412. The number of ether oxygens (including phenoxy) is 1. The van der Waals surface area contributed by atoms with Crippen molar-refractivity contribution in [1.82, 2.24) is 4.31 Å². The van der Waals surface area contributed by atoms with E-state index in [4.69, 9.17) is 0 Å². The van der Waals surface area contributed by atoms with Gasteiger partial charge in [0.25, 0.3) is 0 Å². The average molecular weight is 407 g/mol. The summed E-state index contributed by atoms with van der Waals surface area (Å²) in [6, 6.07) is 11.8. The molecule has 1 aliphatic rings. The van der Waals surface area contributed by atoms with Crippen molar-refractivity contribution in [3.8, 4) is 5.75 Å². The summed E-state index contributed by atoms with van der Waals surface area (Å²) in [5, 5.41) is 0. The van der Waals surface area contributed by atoms with Crippen LogP contribution in [0.25, 0.3) is 6.08 Å². The molecular weight excluding hydrogens is 388 g/mol. The second-order valence-electron chi connectivity index (χ2n) is 6.25. The molecular formula is C20H19F2NO4S. The van der Waals surface area contributed by atoms with Gasteiger partial charge >= 0.3 is 6.61 Å². The van der Waals surface area contributed by atoms with Gasteiger partial charge in [0, 0.05) is 24.2 Å². The number of carbonyl (C=O) groups excluding carboxylic acids is 1. The van der Waals surface area contributed by atoms with Gasteiger partial charge in [-0.1, -0.05) is 18.2 Å². The van der Waals surface area contributed by atoms with E-state index in [1.54, 1.807) is 18.2 Å². The number of hydrogen-bond acceptors (Lipinski definition) is 4. The van der Waals surface area contributed by atoms with Crippen LogP contribution < -0.4 is 4.74 Å². The highest BCUT2D eigenvalue weighted by atomic mass is 32.2. The molecule has 1 aliphatic heterocycles. The molecule has 0 bridgehead atoms. The average Bonchev–Trinajstić information content (AvgIpc) is 3.22. The molecule has 28 heavy (non-hydrogen) atoms. The normalized spacial score (nSPS) is 15.4. The summed E-state index contributed by atoms with van der Waals surface area (Å²) in [6.07, 6.45) is 4.31. The first-order valence-electron chi connectivity index (χ1n) is 8.74. The number of nitrogens with zero attached hydrogens (tertiary/aromatic N) is 1. The fourth-order valence-corrected chi connectivity index (χ4v) is 4.47. The lowest BCUT2D eigenvalue weighted by molar-refractivity contribution is -0.0499. The molecule has 0 aromatic heterocycles. The maximum atomic E-state index is 12.5. The predicted octanol–water partition coefficient (Wildman–Crippen LogP) is 3.97. The van der Waals surface area contributed by atoms with Crippen molar-refractivity contribution in [1.29, 1.82) is 0 Å². The highest BCUT2D eigenvalue weighted by molar-refractivity contribution is 7.89. The maximum absolute atomic E-state index is 12.5. The van der Waals surface area contributed by atoms with Crippen molar-refractivity contribution in [2.24, 2.45) is 0 Å². The Balaban J connectivity index is 1.74. The number of carbonyl (C=O) groups is 1. The molecule has 0 saturated carbocycles. The van der Waals surface area contributed by atoms with E-state index in [9.17, 15) is 22.0 Å². The number of rotatable bonds is 7. The standard InChI is InChI=1S/C20H19F2NO4S/c21-20(22)27-19-6-2-1-5-16(19)9-12-18(24)15-7-10-17(11-8-15)28(25,26)23-13-3-4-14-23/h1-2,5-12,20H,3-4,13-14H2. The van der Waals surface area contributed by atoms with Crippen molar-refractivity contribution < 1.29 is 26.7 Å². The predicted molar refractivity (Wildman–Crippen MR) is 101 cm³/mol. The molecule has 2 aromatic carbocycles. The quantitative estimate of drug-likeness (QED) is 0.515. The Morgan fingerprint density at radius 1 is 1.04 bits per heavy atom. The number of alkyl halides is 2. The van der Waals surface area contributed by atoms with Gasteiger partial charge in [-0.05, 0) is 55.3 Å². The third-order valence-corrected chi connectivity index (χ3v) is 6.30. The maximum Gasteiger partial charge on any atom is 0.387 e. The Bertz CT molecular complexity index is 966. The van der Waals surface area contributed by atoms with E-state index in [0.29, 0.717) is 24.2 Å². The fraction of sp³-hybridized carbons (Fsp3) is 0.250. The third-order valence-electron chi connectivity index (χ3n) is 4.39. The van der Waals surface area contributed by atoms with Gasteiger partial charge < -0.3 is 4.74 Å². The second-order valence-corrected chi connectivity index (χ2v) is 8.19. The van der Waals surface area contributed by atoms with E-state index < -0.39 is 16.6 Å². The molecule has 148 valence electrons. The Morgan fingerprint density at radius 3 is 2.32 bits per heavy atom. The summed E-state index contributed by atoms with van der Waals surface area (Å²) < 4.78 is 55.7. The van der Waals surface area contributed by atoms with E-state index in [1.807, 2.05) is 0 Å². The molecule has 3 rings (SSSR count). The number of benzene rings is 2. The lowest BCUT2D eigenvalue weighted by atomic mass is 10.1. The van der Waals surface area contributed by atoms with Crippen molar-refractivity contribution in [2.45, 2.75) is 24.3 Å². The second kappa shape index (κ2) is 8.62. The first-order chi connectivity index (χ1) is 13.4. The summed E-state index contributed by atoms with van der Waals surface area (Å²) in [6.45, 7) is -1.95. The van der Waals surface area contributed by atoms with Crippen LogP contribution >= 0.6 is 0 Å². The molecule has 0 atom stereocenters. The van der Waals surface area contributed by atoms with Gasteiger partial charge in [0.2, 0.25) is 10.0 Å². The van der Waals surface area contributed by atoms with Crippen molar-refractivity contribution in [3.05, 3.63) is 65.7 Å². The number of halogens is 2. The Kier molecular flexibility index (Phi) is 6.21. The van der Waals surface area contributed by atoms with Gasteiger partial charge in [-0.3, -0.25) is 4.79 Å². The van der Waals surface area contributed by atoms with Gasteiger partial charge in [-0.15, -0.1) is 0 Å². The number of sulfonamides is 1. The zero-order chi connectivity index (χ0) is 20.1. The van der Waals surface area contributed by atoms with E-state index in [2.05, 4.69) is 4.74 Å². The molecule has 1 heterocycles. The molecule has 0 N–H and O–H groups in total. The van der Waals surface area contributed by atoms with Crippen LogP contribution in [0, 0.1) is 0 Å². The molecule has 5 nitrogen and oxygen atoms in total. The van der Waals surface area contributed by atoms with Crippen LogP contribution in [0.2, 0.25) is 0 Å². The SMILES string of the molecule is O=C(C=Cc1ccccc1OC(F)F)c1ccc(S(=O)(=O)N2CCCC2)cc1. The van der Waals surface area contributed by atoms with Crippen molar-refractivity contribution >= 4 is 21.9 Å². The summed E-state index contributed by atoms with van der Waals surface area (Å²) in [4.78, 5) is 12.5. The number of ketones is 1. The molecule has 8 heteroatoms. The van der Waals surface area contributed by atoms with Gasteiger partial charge in [0.05, 0.1) is 4.90 Å². The van der Waals surface area contributed by atoms with E-state index in [0.717, 1.165) is 12.8 Å². The smallest absolute Gasteiger partial charge is 0.387 e. The first-order valence-corrected chi connectivity index (χ1v) is 10.2. The number of allylic oxidation sites excluding steroid dienone is 1. The number of hydrogen-bond donors (Lipinski definition) is 0. The lowest BCUT2D eigenvalue weighted by Gasteiger charge is -2.15. The van der Waals surface area contributed by atoms with Crippen LogP contribution in [-0.4, -0.2) is 38.2 Å². The van der Waals surface area contributed by atoms with Crippen LogP contribution in [0.15, 0.2) is 59.5 Å². The van der Waals surface area contributed by atoms with E-state index >= 15 is 0 Å². The molecule has 0 unspecified atom stereocenters. The highest BCUT2D eigenvalue weighted by Crippen LogP contribution is 2.23. The third kappa shape index (κ3) is 4.63. The minimum absolute atomic E-state index is 0.0337. The van der Waals surface area contributed by atoms with Crippen LogP contribution in [0.4, 0.5) is 8.78 Å². The Hall–Kier alpha value is -2.58. The van der Waals surface area contributed by atoms with Crippen LogP contribution in [0.1, 0.15) is 28.8 Å². The monoisotopic (exact) mass is 407 g/mol. The van der Waals surface area contributed by atoms with Crippen LogP contribution in [0.3, 0.4) is 0 Å². The van der Waals surface area contributed by atoms with Crippen LogP contribution in [-0.2, 0) is 10.0 Å². The van der Waals surface area contributed by atoms with E-state index in [1.165, 1.54) is 46.8 Å². The van der Waals surface area contributed by atoms with E-state index in [-0.39, 0.29) is 16.4 Å². The Morgan fingerprint density at radius 2 is 1.68 bits per heavy atom. The van der Waals surface area contributed by atoms with Crippen molar-refractivity contribution in [2.75, 3.05) is 13.1 Å². The van der Waals surface area contributed by atoms with Gasteiger partial charge in [0.1, 0.15) is 5.75 Å². The highest BCUT2D eigenvalue weighted by Gasteiger charge is 2.27. The molecule has 0 spiro atoms. The molecule has 1 fully saturated rings. The minimum atomic E-state index is -3.54. The summed E-state index contributed by atoms with van der Waals surface area (Å²) in [5.41, 5.74) is 0.633. The summed E-state index contributed by atoms with van der Waals surface area (Å²) in [7, 11) is -3.54. The van der Waals surface area contributed by atoms with Gasteiger partial charge in [-0.25, -0.2) is 8.42 Å². The molecule has 0 radical (unpaired) electrons. The zero-order valence-corrected chi connectivity index (χ0v) is 15.7. The molecule has 0 aliphatic carbocycles. The Labute approximate surface area is 162 Å². The van der Waals surface area contributed by atoms with Gasteiger partial charge in [-0.2, -0.15) is 13.1 Å². The topological polar surface area (TPSA) is 63.7 Å². The number of para-hydroxylation sites is 1. The molecule has 2 aromatic rings. The largest absolute Gasteiger partial charge is 0.434 e. The first kappa shape index (κ1) is 20.2.